The van der Waals surface area contributed by atoms with Crippen LogP contribution < -0.4 is 4.74 Å². The topological polar surface area (TPSA) is 83.8 Å². The van der Waals surface area contributed by atoms with E-state index >= 15 is 0 Å². The van der Waals surface area contributed by atoms with Gasteiger partial charge in [-0.2, -0.15) is 0 Å². The number of hydrogen-bond acceptors (Lipinski definition) is 5. The number of phenols is 2. The zero-order valence-corrected chi connectivity index (χ0v) is 14.2. The van der Waals surface area contributed by atoms with Crippen molar-refractivity contribution < 1.29 is 24.5 Å². The Morgan fingerprint density at radius 3 is 2.36 bits per heavy atom. The fraction of sp³-hybridized carbons (Fsp3) is 0.200. The second kappa shape index (κ2) is 6.09. The average Bonchev–Trinajstić information content (AvgIpc) is 2.51. The van der Waals surface area contributed by atoms with E-state index in [9.17, 15) is 19.8 Å². The lowest BCUT2D eigenvalue weighted by molar-refractivity contribution is 0.0973. The van der Waals surface area contributed by atoms with Gasteiger partial charge in [-0.1, -0.05) is 5.57 Å². The minimum Gasteiger partial charge on any atom is -0.508 e. The number of aromatic hydroxyl groups is 2. The molecule has 0 aromatic heterocycles. The van der Waals surface area contributed by atoms with E-state index in [0.29, 0.717) is 5.56 Å². The minimum atomic E-state index is -0.491. The Bertz CT molecular complexity index is 934. The molecule has 0 spiro atoms. The summed E-state index contributed by atoms with van der Waals surface area (Å²) in [6.07, 6.45) is 1.82. The molecule has 1 aliphatic carbocycles. The van der Waals surface area contributed by atoms with Gasteiger partial charge < -0.3 is 14.9 Å². The molecule has 5 nitrogen and oxygen atoms in total. The monoisotopic (exact) mass is 338 g/mol. The van der Waals surface area contributed by atoms with Gasteiger partial charge in [0.05, 0.1) is 11.1 Å². The van der Waals surface area contributed by atoms with E-state index in [0.717, 1.165) is 5.57 Å². The average molecular weight is 338 g/mol. The molecule has 1 aliphatic rings. The summed E-state index contributed by atoms with van der Waals surface area (Å²) in [5.74, 6) is -1.19. The van der Waals surface area contributed by atoms with Crippen LogP contribution in [0.1, 0.15) is 51.3 Å². The van der Waals surface area contributed by atoms with Gasteiger partial charge in [0, 0.05) is 17.2 Å². The van der Waals surface area contributed by atoms with Crippen LogP contribution >= 0.6 is 0 Å². The number of allylic oxidation sites excluding steroid dienone is 1. The van der Waals surface area contributed by atoms with Crippen molar-refractivity contribution in [3.63, 3.8) is 0 Å². The van der Waals surface area contributed by atoms with E-state index in [2.05, 4.69) is 0 Å². The normalized spacial score (nSPS) is 12.4. The lowest BCUT2D eigenvalue weighted by Gasteiger charge is -2.21. The van der Waals surface area contributed by atoms with Crippen molar-refractivity contribution in [3.05, 3.63) is 63.7 Å². The van der Waals surface area contributed by atoms with Crippen molar-refractivity contribution in [2.45, 2.75) is 20.8 Å². The highest BCUT2D eigenvalue weighted by atomic mass is 16.5. The van der Waals surface area contributed by atoms with Crippen LogP contribution in [0.4, 0.5) is 0 Å². The lowest BCUT2D eigenvalue weighted by atomic mass is 9.82. The standard InChI is InChI=1S/C20H18O5/c1-10(2)4-5-25-16-9-12(21)8-14-18(16)20(24)17-13(19(14)23)6-11(3)7-15(17)22/h4,6-9,21-22H,5H2,1-3H3. The maximum Gasteiger partial charge on any atom is 0.201 e. The zero-order chi connectivity index (χ0) is 18.3. The number of rotatable bonds is 3. The molecule has 25 heavy (non-hydrogen) atoms. The first kappa shape index (κ1) is 16.8. The van der Waals surface area contributed by atoms with Crippen LogP contribution in [0.15, 0.2) is 35.9 Å². The Morgan fingerprint density at radius 2 is 1.68 bits per heavy atom. The van der Waals surface area contributed by atoms with Gasteiger partial charge in [-0.3, -0.25) is 9.59 Å². The second-order valence-electron chi connectivity index (χ2n) is 6.32. The summed E-state index contributed by atoms with van der Waals surface area (Å²) in [4.78, 5) is 25.7. The third kappa shape index (κ3) is 2.89. The number of fused-ring (bicyclic) bond motifs is 2. The van der Waals surface area contributed by atoms with Gasteiger partial charge in [-0.15, -0.1) is 0 Å². The van der Waals surface area contributed by atoms with Gasteiger partial charge in [-0.25, -0.2) is 0 Å². The molecule has 128 valence electrons. The first-order valence-corrected chi connectivity index (χ1v) is 7.85. The maximum atomic E-state index is 12.9. The highest BCUT2D eigenvalue weighted by molar-refractivity contribution is 6.30. The molecule has 0 unspecified atom stereocenters. The summed E-state index contributed by atoms with van der Waals surface area (Å²) in [5.41, 5.74) is 1.96. The molecule has 2 aromatic rings. The van der Waals surface area contributed by atoms with Crippen LogP contribution in [0.5, 0.6) is 17.2 Å². The highest BCUT2D eigenvalue weighted by Gasteiger charge is 2.35. The fourth-order valence-electron chi connectivity index (χ4n) is 2.88. The van der Waals surface area contributed by atoms with Crippen LogP contribution in [0.3, 0.4) is 0 Å². The predicted molar refractivity (Wildman–Crippen MR) is 92.7 cm³/mol. The number of ketones is 2. The van der Waals surface area contributed by atoms with Gasteiger partial charge in [0.1, 0.15) is 23.9 Å². The Morgan fingerprint density at radius 1 is 1.00 bits per heavy atom. The van der Waals surface area contributed by atoms with E-state index in [4.69, 9.17) is 4.74 Å². The summed E-state index contributed by atoms with van der Waals surface area (Å²) < 4.78 is 5.60. The first-order chi connectivity index (χ1) is 11.8. The van der Waals surface area contributed by atoms with Gasteiger partial charge >= 0.3 is 0 Å². The van der Waals surface area contributed by atoms with E-state index < -0.39 is 11.6 Å². The minimum absolute atomic E-state index is 0.0270. The van der Waals surface area contributed by atoms with E-state index in [1.807, 2.05) is 19.9 Å². The maximum absolute atomic E-state index is 12.9. The van der Waals surface area contributed by atoms with Gasteiger partial charge in [0.2, 0.25) is 5.78 Å². The van der Waals surface area contributed by atoms with Gasteiger partial charge in [0.25, 0.3) is 0 Å². The van der Waals surface area contributed by atoms with Crippen LogP contribution in [0.2, 0.25) is 0 Å². The molecule has 0 atom stereocenters. The Kier molecular flexibility index (Phi) is 4.08. The molecule has 0 fully saturated rings. The summed E-state index contributed by atoms with van der Waals surface area (Å²) in [6.45, 7) is 5.75. The Balaban J connectivity index is 2.18. The molecule has 0 bridgehead atoms. The Hall–Kier alpha value is -3.08. The number of hydrogen-bond donors (Lipinski definition) is 2. The molecule has 0 saturated carbocycles. The number of aryl methyl sites for hydroxylation is 1. The van der Waals surface area contributed by atoms with Crippen LogP contribution in [0, 0.1) is 6.92 Å². The third-order valence-electron chi connectivity index (χ3n) is 4.02. The second-order valence-corrected chi connectivity index (χ2v) is 6.32. The molecule has 2 aromatic carbocycles. The number of phenolic OH excluding ortho intramolecular Hbond substituents is 2. The molecule has 0 heterocycles. The lowest BCUT2D eigenvalue weighted by Crippen LogP contribution is -2.22. The SMILES string of the molecule is CC(C)=CCOc1cc(O)cc2c1C(=O)c1c(O)cc(C)cc1C2=O. The predicted octanol–water partition coefficient (Wildman–Crippen LogP) is 3.53. The smallest absolute Gasteiger partial charge is 0.201 e. The molecule has 2 N–H and O–H groups in total. The molecule has 0 radical (unpaired) electrons. The highest BCUT2D eigenvalue weighted by Crippen LogP contribution is 2.39. The molecular weight excluding hydrogens is 320 g/mol. The van der Waals surface area contributed by atoms with Crippen LogP contribution in [-0.2, 0) is 0 Å². The van der Waals surface area contributed by atoms with Crippen molar-refractivity contribution in [2.24, 2.45) is 0 Å². The molecule has 0 amide bonds. The van der Waals surface area contributed by atoms with E-state index in [1.54, 1.807) is 13.0 Å². The Labute approximate surface area is 145 Å². The molecule has 0 aliphatic heterocycles. The van der Waals surface area contributed by atoms with Gasteiger partial charge in [-0.05, 0) is 50.6 Å². The molecular formula is C20H18O5. The molecule has 5 heteroatoms. The zero-order valence-electron chi connectivity index (χ0n) is 14.2. The number of ether oxygens (including phenoxy) is 1. The van der Waals surface area contributed by atoms with E-state index in [1.165, 1.54) is 18.2 Å². The van der Waals surface area contributed by atoms with Crippen molar-refractivity contribution >= 4 is 11.6 Å². The summed E-state index contributed by atoms with van der Waals surface area (Å²) in [5, 5.41) is 20.1. The van der Waals surface area contributed by atoms with Crippen LogP contribution in [-0.4, -0.2) is 28.4 Å². The largest absolute Gasteiger partial charge is 0.508 e. The summed E-state index contributed by atoms with van der Waals surface area (Å²) >= 11 is 0. The fourth-order valence-corrected chi connectivity index (χ4v) is 2.88. The van der Waals surface area contributed by atoms with Crippen molar-refractivity contribution in [1.29, 1.82) is 0 Å². The van der Waals surface area contributed by atoms with Crippen LogP contribution in [0.25, 0.3) is 0 Å². The number of carbonyl (C=O) groups is 2. The van der Waals surface area contributed by atoms with Crippen molar-refractivity contribution in [3.8, 4) is 17.2 Å². The summed E-state index contributed by atoms with van der Waals surface area (Å²) in [7, 11) is 0. The van der Waals surface area contributed by atoms with Crippen molar-refractivity contribution in [1.82, 2.24) is 0 Å². The first-order valence-electron chi connectivity index (χ1n) is 7.85. The number of carbonyl (C=O) groups excluding carboxylic acids is 2. The number of benzene rings is 2. The van der Waals surface area contributed by atoms with E-state index in [-0.39, 0.29) is 46.1 Å². The molecule has 0 saturated heterocycles. The quantitative estimate of drug-likeness (QED) is 0.714. The third-order valence-corrected chi connectivity index (χ3v) is 4.02. The summed E-state index contributed by atoms with van der Waals surface area (Å²) in [6, 6.07) is 5.57. The van der Waals surface area contributed by atoms with Gasteiger partial charge in [0.15, 0.2) is 5.78 Å². The molecule has 3 rings (SSSR count). The van der Waals surface area contributed by atoms with Crippen molar-refractivity contribution in [2.75, 3.05) is 6.61 Å².